The number of fused-ring (bicyclic) bond motifs is 3. The van der Waals surface area contributed by atoms with Crippen molar-refractivity contribution in [2.45, 2.75) is 39.3 Å². The molecule has 36 heavy (non-hydrogen) atoms. The maximum Gasteiger partial charge on any atom is 0.330 e. The average Bonchev–Trinajstić information content (AvgIpc) is 3.42. The summed E-state index contributed by atoms with van der Waals surface area (Å²) in [5.74, 6) is 0.0488. The molecular formula is C27H26ClN5O3. The lowest BCUT2D eigenvalue weighted by molar-refractivity contribution is -0.134. The fraction of sp³-hybridized carbons (Fsp3) is 0.259. The van der Waals surface area contributed by atoms with Crippen LogP contribution >= 0.6 is 11.6 Å². The van der Waals surface area contributed by atoms with Crippen LogP contribution in [0.25, 0.3) is 22.7 Å². The molecule has 1 atom stereocenters. The molecule has 0 aliphatic carbocycles. The van der Waals surface area contributed by atoms with Crippen molar-refractivity contribution in [2.24, 2.45) is 0 Å². The number of nitrogens with one attached hydrogen (secondary N) is 1. The van der Waals surface area contributed by atoms with Gasteiger partial charge in [0, 0.05) is 40.8 Å². The number of nitrogens with zero attached hydrogens (tertiary/aromatic N) is 4. The van der Waals surface area contributed by atoms with Crippen LogP contribution in [0, 0.1) is 13.8 Å². The van der Waals surface area contributed by atoms with Gasteiger partial charge in [-0.2, -0.15) is 5.10 Å². The number of hydrogen-bond donors (Lipinski definition) is 1. The zero-order valence-electron chi connectivity index (χ0n) is 20.3. The Morgan fingerprint density at radius 1 is 1.19 bits per heavy atom. The summed E-state index contributed by atoms with van der Waals surface area (Å²) in [6, 6.07) is 11.5. The zero-order chi connectivity index (χ0) is 25.4. The van der Waals surface area contributed by atoms with E-state index in [-0.39, 0.29) is 11.9 Å². The molecule has 1 aliphatic rings. The molecule has 0 bridgehead atoms. The number of amides is 1. The lowest BCUT2D eigenvalue weighted by atomic mass is 10.0. The van der Waals surface area contributed by atoms with Gasteiger partial charge >= 0.3 is 5.97 Å². The number of carbonyl (C=O) groups is 2. The maximum atomic E-state index is 13.1. The summed E-state index contributed by atoms with van der Waals surface area (Å²) in [5, 5.41) is 8.87. The van der Waals surface area contributed by atoms with Crippen molar-refractivity contribution in [3.8, 4) is 5.69 Å². The molecule has 3 heterocycles. The highest BCUT2D eigenvalue weighted by atomic mass is 35.5. The predicted octanol–water partition coefficient (Wildman–Crippen LogP) is 4.42. The zero-order valence-corrected chi connectivity index (χ0v) is 21.0. The van der Waals surface area contributed by atoms with Crippen LogP contribution in [0.15, 0.2) is 48.8 Å². The average molecular weight is 504 g/mol. The minimum atomic E-state index is -0.390. The van der Waals surface area contributed by atoms with E-state index in [9.17, 15) is 9.59 Å². The largest absolute Gasteiger partial charge is 0.466 e. The standard InChI is InChI=1S/C27H26ClN5O3/c1-16-4-9-25-22(12-16)20(8-11-26(34)36-3)24-10-5-18(14-32(24)25)30-27(35)21-7-6-19(13-23(21)28)33-15-29-17(2)31-33/h4,6-9,11-13,15,18H,5,10,14H2,1-3H3,(H,30,35)/b11-8+. The van der Waals surface area contributed by atoms with E-state index in [4.69, 9.17) is 16.3 Å². The first-order chi connectivity index (χ1) is 17.3. The second kappa shape index (κ2) is 9.62. The molecule has 184 valence electrons. The van der Waals surface area contributed by atoms with Gasteiger partial charge in [0.1, 0.15) is 12.2 Å². The molecule has 1 amide bonds. The Hall–Kier alpha value is -3.91. The van der Waals surface area contributed by atoms with Crippen LogP contribution in [-0.4, -0.2) is 44.4 Å². The molecule has 1 N–H and O–H groups in total. The smallest absolute Gasteiger partial charge is 0.330 e. The van der Waals surface area contributed by atoms with E-state index in [2.05, 4.69) is 38.2 Å². The van der Waals surface area contributed by atoms with E-state index in [1.807, 2.05) is 19.9 Å². The molecule has 0 saturated carbocycles. The predicted molar refractivity (Wildman–Crippen MR) is 138 cm³/mol. The molecule has 1 aliphatic heterocycles. The van der Waals surface area contributed by atoms with Crippen LogP contribution in [0.2, 0.25) is 5.02 Å². The van der Waals surface area contributed by atoms with E-state index in [0.29, 0.717) is 23.0 Å². The summed E-state index contributed by atoms with van der Waals surface area (Å²) in [6.45, 7) is 4.48. The highest BCUT2D eigenvalue weighted by Crippen LogP contribution is 2.33. The number of aryl methyl sites for hydroxylation is 2. The SMILES string of the molecule is COC(=O)/C=C/c1c2n(c3ccc(C)cc13)CC(NC(=O)c1ccc(-n3cnc(C)n3)cc1Cl)CC2. The van der Waals surface area contributed by atoms with Crippen LogP contribution in [-0.2, 0) is 22.5 Å². The quantitative estimate of drug-likeness (QED) is 0.321. The molecule has 0 spiro atoms. The third kappa shape index (κ3) is 4.52. The monoisotopic (exact) mass is 503 g/mol. The minimum Gasteiger partial charge on any atom is -0.466 e. The summed E-state index contributed by atoms with van der Waals surface area (Å²) >= 11 is 6.48. The third-order valence-electron chi connectivity index (χ3n) is 6.49. The van der Waals surface area contributed by atoms with Gasteiger partial charge in [-0.05, 0) is 63.1 Å². The molecule has 2 aromatic heterocycles. The van der Waals surface area contributed by atoms with Gasteiger partial charge in [-0.1, -0.05) is 23.2 Å². The van der Waals surface area contributed by atoms with Crippen molar-refractivity contribution >= 4 is 40.5 Å². The van der Waals surface area contributed by atoms with Crippen molar-refractivity contribution < 1.29 is 14.3 Å². The molecule has 0 radical (unpaired) electrons. The normalized spacial score (nSPS) is 15.3. The molecular weight excluding hydrogens is 478 g/mol. The third-order valence-corrected chi connectivity index (χ3v) is 6.81. The fourth-order valence-electron chi connectivity index (χ4n) is 4.74. The summed E-state index contributed by atoms with van der Waals surface area (Å²) in [5.41, 5.74) is 5.53. The van der Waals surface area contributed by atoms with E-state index < -0.39 is 5.97 Å². The molecule has 1 unspecified atom stereocenters. The molecule has 9 heteroatoms. The fourth-order valence-corrected chi connectivity index (χ4v) is 5.00. The Morgan fingerprint density at radius 2 is 2.03 bits per heavy atom. The number of benzene rings is 2. The first-order valence-corrected chi connectivity index (χ1v) is 12.1. The van der Waals surface area contributed by atoms with Gasteiger partial charge in [0.25, 0.3) is 5.91 Å². The first-order valence-electron chi connectivity index (χ1n) is 11.7. The number of rotatable bonds is 5. The molecule has 5 rings (SSSR count). The number of hydrogen-bond acceptors (Lipinski definition) is 5. The number of aromatic nitrogens is 4. The summed E-state index contributed by atoms with van der Waals surface area (Å²) in [4.78, 5) is 29.0. The molecule has 4 aromatic rings. The number of esters is 1. The second-order valence-corrected chi connectivity index (χ2v) is 9.36. The van der Waals surface area contributed by atoms with Crippen molar-refractivity contribution in [2.75, 3.05) is 7.11 Å². The lowest BCUT2D eigenvalue weighted by Gasteiger charge is -2.27. The Labute approximate surface area is 213 Å². The van der Waals surface area contributed by atoms with Gasteiger partial charge in [-0.3, -0.25) is 4.79 Å². The second-order valence-electron chi connectivity index (χ2n) is 8.96. The Balaban J connectivity index is 1.39. The van der Waals surface area contributed by atoms with Crippen LogP contribution in [0.5, 0.6) is 0 Å². The van der Waals surface area contributed by atoms with E-state index >= 15 is 0 Å². The van der Waals surface area contributed by atoms with Gasteiger partial charge in [0.15, 0.2) is 0 Å². The molecule has 0 saturated heterocycles. The summed E-state index contributed by atoms with van der Waals surface area (Å²) in [7, 11) is 1.37. The number of carbonyl (C=O) groups excluding carboxylic acids is 2. The lowest BCUT2D eigenvalue weighted by Crippen LogP contribution is -2.41. The Bertz CT molecular complexity index is 1520. The van der Waals surface area contributed by atoms with Crippen LogP contribution in [0.1, 0.15) is 39.4 Å². The highest BCUT2D eigenvalue weighted by molar-refractivity contribution is 6.34. The topological polar surface area (TPSA) is 91.0 Å². The van der Waals surface area contributed by atoms with Crippen molar-refractivity contribution in [3.05, 3.63) is 82.0 Å². The van der Waals surface area contributed by atoms with Crippen LogP contribution < -0.4 is 5.32 Å². The number of halogens is 1. The van der Waals surface area contributed by atoms with E-state index in [0.717, 1.165) is 46.3 Å². The van der Waals surface area contributed by atoms with Gasteiger partial charge in [-0.25, -0.2) is 14.5 Å². The van der Waals surface area contributed by atoms with Gasteiger partial charge in [-0.15, -0.1) is 0 Å². The molecule has 8 nitrogen and oxygen atoms in total. The van der Waals surface area contributed by atoms with E-state index in [1.165, 1.54) is 13.2 Å². The summed E-state index contributed by atoms with van der Waals surface area (Å²) < 4.78 is 8.63. The van der Waals surface area contributed by atoms with Gasteiger partial charge < -0.3 is 14.6 Å². The van der Waals surface area contributed by atoms with Crippen LogP contribution in [0.4, 0.5) is 0 Å². The molecule has 2 aromatic carbocycles. The van der Waals surface area contributed by atoms with E-state index in [1.54, 1.807) is 29.2 Å². The number of methoxy groups -OCH3 is 1. The van der Waals surface area contributed by atoms with Gasteiger partial charge in [0.05, 0.1) is 23.4 Å². The maximum absolute atomic E-state index is 13.1. The molecule has 0 fully saturated rings. The summed E-state index contributed by atoms with van der Waals surface area (Å²) in [6.07, 6.45) is 6.43. The van der Waals surface area contributed by atoms with Crippen LogP contribution in [0.3, 0.4) is 0 Å². The van der Waals surface area contributed by atoms with Crippen molar-refractivity contribution in [3.63, 3.8) is 0 Å². The van der Waals surface area contributed by atoms with Crippen molar-refractivity contribution in [1.82, 2.24) is 24.6 Å². The Morgan fingerprint density at radius 3 is 2.75 bits per heavy atom. The highest BCUT2D eigenvalue weighted by Gasteiger charge is 2.26. The van der Waals surface area contributed by atoms with Gasteiger partial charge in [0.2, 0.25) is 0 Å². The minimum absolute atomic E-state index is 0.0620. The first kappa shape index (κ1) is 23.8. The van der Waals surface area contributed by atoms with Crippen molar-refractivity contribution in [1.29, 1.82) is 0 Å². The number of ether oxygens (including phenoxy) is 1. The Kier molecular flexibility index (Phi) is 6.36.